The van der Waals surface area contributed by atoms with Gasteiger partial charge in [-0.2, -0.15) is 16.9 Å². The largest absolute Gasteiger partial charge is 0.451 e. The number of thioether (sulfide) groups is 1. The lowest BCUT2D eigenvalue weighted by Gasteiger charge is -2.05. The first kappa shape index (κ1) is 8.62. The first-order chi connectivity index (χ1) is 6.45. The van der Waals surface area contributed by atoms with Gasteiger partial charge in [-0.1, -0.05) is 0 Å². The molecule has 4 nitrogen and oxygen atoms in total. The summed E-state index contributed by atoms with van der Waals surface area (Å²) in [6, 6.07) is 0.521. The molecule has 1 aromatic heterocycles. The molecule has 1 N–H and O–H groups in total. The Morgan fingerprint density at radius 2 is 2.77 bits per heavy atom. The zero-order valence-electron chi connectivity index (χ0n) is 7.14. The van der Waals surface area contributed by atoms with Crippen LogP contribution >= 0.6 is 11.8 Å². The van der Waals surface area contributed by atoms with Crippen molar-refractivity contribution in [2.45, 2.75) is 12.5 Å². The Balaban J connectivity index is 1.78. The van der Waals surface area contributed by atoms with Crippen molar-refractivity contribution in [2.75, 3.05) is 11.5 Å². The molecular weight excluding hydrogens is 186 g/mol. The van der Waals surface area contributed by atoms with Gasteiger partial charge in [0.1, 0.15) is 12.0 Å². The van der Waals surface area contributed by atoms with Crippen LogP contribution in [0.4, 0.5) is 0 Å². The molecule has 1 aliphatic rings. The number of nitrogens with one attached hydrogen (secondary N) is 1. The molecule has 1 aromatic rings. The van der Waals surface area contributed by atoms with Crippen LogP contribution in [0.3, 0.4) is 0 Å². The summed E-state index contributed by atoms with van der Waals surface area (Å²) in [4.78, 5) is 3.92. The smallest absolute Gasteiger partial charge is 0.181 e. The van der Waals surface area contributed by atoms with E-state index in [0.717, 1.165) is 11.4 Å². The van der Waals surface area contributed by atoms with Crippen molar-refractivity contribution in [3.8, 4) is 0 Å². The van der Waals surface area contributed by atoms with E-state index in [2.05, 4.69) is 15.5 Å². The molecule has 1 aliphatic heterocycles. The van der Waals surface area contributed by atoms with Gasteiger partial charge in [-0.15, -0.1) is 0 Å². The van der Waals surface area contributed by atoms with Crippen molar-refractivity contribution in [1.82, 2.24) is 10.4 Å². The normalized spacial score (nSPS) is 22.6. The van der Waals surface area contributed by atoms with E-state index in [1.54, 1.807) is 12.5 Å². The highest BCUT2D eigenvalue weighted by atomic mass is 32.2. The molecule has 0 amide bonds. The number of rotatable bonds is 3. The van der Waals surface area contributed by atoms with E-state index in [9.17, 15) is 0 Å². The lowest BCUT2D eigenvalue weighted by Crippen LogP contribution is -2.23. The number of aromatic nitrogens is 1. The van der Waals surface area contributed by atoms with Crippen molar-refractivity contribution in [1.29, 1.82) is 0 Å². The van der Waals surface area contributed by atoms with Crippen LogP contribution in [0.1, 0.15) is 12.1 Å². The van der Waals surface area contributed by atoms with Crippen molar-refractivity contribution in [2.24, 2.45) is 5.10 Å². The Labute approximate surface area is 80.8 Å². The molecule has 70 valence electrons. The molecule has 1 atom stereocenters. The van der Waals surface area contributed by atoms with E-state index in [-0.39, 0.29) is 0 Å². The lowest BCUT2D eigenvalue weighted by atomic mass is 10.3. The van der Waals surface area contributed by atoms with Crippen molar-refractivity contribution < 1.29 is 4.42 Å². The zero-order chi connectivity index (χ0) is 8.93. The number of oxazole rings is 1. The highest BCUT2D eigenvalue weighted by Crippen LogP contribution is 2.16. The third-order valence-electron chi connectivity index (χ3n) is 1.84. The van der Waals surface area contributed by atoms with Crippen LogP contribution in [0.25, 0.3) is 0 Å². The second-order valence-corrected chi connectivity index (χ2v) is 4.01. The van der Waals surface area contributed by atoms with E-state index in [4.69, 9.17) is 4.42 Å². The van der Waals surface area contributed by atoms with Crippen LogP contribution in [-0.4, -0.2) is 28.7 Å². The molecular formula is C8H11N3OS. The Morgan fingerprint density at radius 3 is 3.46 bits per heavy atom. The highest BCUT2D eigenvalue weighted by Gasteiger charge is 2.13. The number of nitrogens with zero attached hydrogens (tertiary/aromatic N) is 2. The van der Waals surface area contributed by atoms with Crippen LogP contribution in [0.2, 0.25) is 0 Å². The van der Waals surface area contributed by atoms with E-state index < -0.39 is 0 Å². The fourth-order valence-corrected chi connectivity index (χ4v) is 2.27. The van der Waals surface area contributed by atoms with Gasteiger partial charge in [0.05, 0.1) is 12.3 Å². The minimum absolute atomic E-state index is 0.521. The Kier molecular flexibility index (Phi) is 2.86. The highest BCUT2D eigenvalue weighted by molar-refractivity contribution is 7.99. The average molecular weight is 197 g/mol. The van der Waals surface area contributed by atoms with Crippen molar-refractivity contribution >= 4 is 18.0 Å². The molecule has 0 saturated carbocycles. The summed E-state index contributed by atoms with van der Waals surface area (Å²) in [6.45, 7) is 0. The molecule has 5 heteroatoms. The van der Waals surface area contributed by atoms with Crippen molar-refractivity contribution in [3.63, 3.8) is 0 Å². The van der Waals surface area contributed by atoms with Crippen LogP contribution in [0.15, 0.2) is 22.2 Å². The molecule has 2 heterocycles. The van der Waals surface area contributed by atoms with Crippen LogP contribution < -0.4 is 5.43 Å². The van der Waals surface area contributed by atoms with E-state index in [1.807, 2.05) is 11.8 Å². The van der Waals surface area contributed by atoms with Gasteiger partial charge in [0.25, 0.3) is 0 Å². The monoisotopic (exact) mass is 197 g/mol. The fraction of sp³-hybridized carbons (Fsp3) is 0.500. The van der Waals surface area contributed by atoms with Gasteiger partial charge in [0, 0.05) is 5.75 Å². The summed E-state index contributed by atoms with van der Waals surface area (Å²) in [5.41, 5.74) is 3.84. The quantitative estimate of drug-likeness (QED) is 0.582. The molecule has 0 aliphatic carbocycles. The summed E-state index contributed by atoms with van der Waals surface area (Å²) in [5, 5.41) is 4.08. The Bertz CT molecular complexity index is 267. The number of hydrazone groups is 1. The van der Waals surface area contributed by atoms with Crippen LogP contribution in [0, 0.1) is 0 Å². The molecule has 1 fully saturated rings. The van der Waals surface area contributed by atoms with Gasteiger partial charge in [0.2, 0.25) is 0 Å². The maximum Gasteiger partial charge on any atom is 0.181 e. The number of hydrogen-bond donors (Lipinski definition) is 1. The fourth-order valence-electron chi connectivity index (χ4n) is 1.13. The molecule has 13 heavy (non-hydrogen) atoms. The molecule has 0 radical (unpaired) electrons. The molecule has 1 saturated heterocycles. The summed E-state index contributed by atoms with van der Waals surface area (Å²) >= 11 is 1.96. The second kappa shape index (κ2) is 4.32. The van der Waals surface area contributed by atoms with Crippen LogP contribution in [0.5, 0.6) is 0 Å². The zero-order valence-corrected chi connectivity index (χ0v) is 7.96. The molecule has 0 aromatic carbocycles. The minimum Gasteiger partial charge on any atom is -0.451 e. The van der Waals surface area contributed by atoms with E-state index in [1.165, 1.54) is 18.6 Å². The van der Waals surface area contributed by atoms with Gasteiger partial charge in [-0.25, -0.2) is 4.98 Å². The summed E-state index contributed by atoms with van der Waals surface area (Å²) in [5.74, 6) is 2.38. The maximum atomic E-state index is 4.80. The summed E-state index contributed by atoms with van der Waals surface area (Å²) in [7, 11) is 0. The first-order valence-corrected chi connectivity index (χ1v) is 5.35. The third-order valence-corrected chi connectivity index (χ3v) is 3.00. The predicted molar refractivity (Wildman–Crippen MR) is 53.0 cm³/mol. The van der Waals surface area contributed by atoms with E-state index in [0.29, 0.717) is 6.04 Å². The van der Waals surface area contributed by atoms with Crippen LogP contribution in [-0.2, 0) is 0 Å². The molecule has 0 bridgehead atoms. The number of hydrogen-bond acceptors (Lipinski definition) is 5. The molecule has 2 rings (SSSR count). The molecule has 1 unspecified atom stereocenters. The van der Waals surface area contributed by atoms with E-state index >= 15 is 0 Å². The predicted octanol–water partition coefficient (Wildman–Crippen LogP) is 1.10. The topological polar surface area (TPSA) is 50.4 Å². The minimum atomic E-state index is 0.521. The van der Waals surface area contributed by atoms with Gasteiger partial charge in [-0.05, 0) is 12.2 Å². The van der Waals surface area contributed by atoms with Gasteiger partial charge in [-0.3, -0.25) is 0 Å². The Morgan fingerprint density at radius 1 is 1.77 bits per heavy atom. The third kappa shape index (κ3) is 2.48. The first-order valence-electron chi connectivity index (χ1n) is 4.19. The summed E-state index contributed by atoms with van der Waals surface area (Å²) < 4.78 is 4.80. The molecule has 0 spiro atoms. The Hall–Kier alpha value is -0.970. The van der Waals surface area contributed by atoms with Gasteiger partial charge in [0.15, 0.2) is 6.39 Å². The summed E-state index contributed by atoms with van der Waals surface area (Å²) in [6.07, 6.45) is 5.83. The maximum absolute atomic E-state index is 4.80. The standard InChI is InChI=1S/C8H11N3OS/c1-2-13-5-7(1)11-10-3-8-4-12-6-9-8/h3-4,6-7,11H,1-2,5H2/b10-3+. The lowest BCUT2D eigenvalue weighted by molar-refractivity contribution is 0.557. The SMILES string of the molecule is C(=N\NC1CCSC1)/c1cocn1. The second-order valence-electron chi connectivity index (χ2n) is 2.86. The van der Waals surface area contributed by atoms with Gasteiger partial charge < -0.3 is 9.84 Å². The van der Waals surface area contributed by atoms with Gasteiger partial charge >= 0.3 is 0 Å². The average Bonchev–Trinajstić information content (AvgIpc) is 2.75. The van der Waals surface area contributed by atoms with Crippen molar-refractivity contribution in [3.05, 3.63) is 18.4 Å².